The van der Waals surface area contributed by atoms with E-state index in [0.29, 0.717) is 31.3 Å². The lowest BCUT2D eigenvalue weighted by atomic mass is 9.44. The summed E-state index contributed by atoms with van der Waals surface area (Å²) >= 11 is 5.73. The number of hydrogen-bond acceptors (Lipinski definition) is 7. The Morgan fingerprint density at radius 3 is 2.63 bits per heavy atom. The zero-order valence-corrected chi connectivity index (χ0v) is 21.4. The van der Waals surface area contributed by atoms with Crippen molar-refractivity contribution < 1.29 is 38.1 Å². The van der Waals surface area contributed by atoms with Crippen LogP contribution in [0.2, 0.25) is 0 Å². The quantitative estimate of drug-likeness (QED) is 0.423. The number of ketones is 1. The largest absolute Gasteiger partial charge is 0.509 e. The van der Waals surface area contributed by atoms with Gasteiger partial charge in [0.1, 0.15) is 0 Å². The van der Waals surface area contributed by atoms with E-state index < -0.39 is 64.1 Å². The Balaban J connectivity index is 1.80. The Morgan fingerprint density at radius 1 is 1.26 bits per heavy atom. The second-order valence-electron chi connectivity index (χ2n) is 10.9. The van der Waals surface area contributed by atoms with Crippen LogP contribution in [0.5, 0.6) is 0 Å². The van der Waals surface area contributed by atoms with Crippen molar-refractivity contribution in [3.63, 3.8) is 0 Å². The van der Waals surface area contributed by atoms with Gasteiger partial charge in [-0.25, -0.2) is 14.0 Å². The highest BCUT2D eigenvalue weighted by atomic mass is 35.5. The van der Waals surface area contributed by atoms with Crippen LogP contribution in [-0.2, 0) is 23.8 Å². The van der Waals surface area contributed by atoms with Crippen molar-refractivity contribution in [2.45, 2.75) is 77.2 Å². The maximum atomic E-state index is 17.3. The summed E-state index contributed by atoms with van der Waals surface area (Å²) in [4.78, 5) is 38.1. The first-order chi connectivity index (χ1) is 16.4. The topological polar surface area (TPSA) is 99.1 Å². The van der Waals surface area contributed by atoms with E-state index in [9.17, 15) is 19.5 Å². The Kier molecular flexibility index (Phi) is 6.63. The van der Waals surface area contributed by atoms with E-state index in [2.05, 4.69) is 0 Å². The van der Waals surface area contributed by atoms with Crippen molar-refractivity contribution in [2.24, 2.45) is 28.6 Å². The van der Waals surface area contributed by atoms with Gasteiger partial charge >= 0.3 is 12.1 Å². The second kappa shape index (κ2) is 8.87. The van der Waals surface area contributed by atoms with Gasteiger partial charge in [-0.15, -0.1) is 0 Å². The molecule has 4 rings (SSSR count). The van der Waals surface area contributed by atoms with Crippen LogP contribution in [-0.4, -0.2) is 53.1 Å². The van der Waals surface area contributed by atoms with Gasteiger partial charge in [-0.05, 0) is 57.1 Å². The van der Waals surface area contributed by atoms with Crippen LogP contribution in [0.4, 0.5) is 9.18 Å². The minimum absolute atomic E-state index is 0.116. The van der Waals surface area contributed by atoms with Gasteiger partial charge in [0, 0.05) is 22.7 Å². The fourth-order valence-corrected chi connectivity index (χ4v) is 7.83. The SMILES string of the molecule is CCCOC(=O)O[C@]1(C(=O)OCCl)[C@H](C)C[C@H]2[C@@H]3CCC4=CC(=O)C=C[C@]4(C)[C@@]3(F)[C@@H](O)C[C@@]21C. The van der Waals surface area contributed by atoms with E-state index in [4.69, 9.17) is 25.8 Å². The van der Waals surface area contributed by atoms with Gasteiger partial charge in [-0.3, -0.25) is 4.79 Å². The molecule has 1 N–H and O–H groups in total. The molecule has 3 fully saturated rings. The minimum Gasteiger partial charge on any atom is -0.446 e. The molecular weight excluding hydrogens is 479 g/mol. The Bertz CT molecular complexity index is 981. The number of halogens is 2. The summed E-state index contributed by atoms with van der Waals surface area (Å²) in [5, 5.41) is 11.5. The van der Waals surface area contributed by atoms with Gasteiger partial charge in [-0.1, -0.05) is 44.0 Å². The summed E-state index contributed by atoms with van der Waals surface area (Å²) in [6.45, 7) is 7.21. The minimum atomic E-state index is -2.06. The highest BCUT2D eigenvalue weighted by Gasteiger charge is 2.78. The molecule has 0 aliphatic heterocycles. The molecule has 35 heavy (non-hydrogen) atoms. The van der Waals surface area contributed by atoms with E-state index in [1.807, 2.05) is 6.92 Å². The molecule has 4 aliphatic carbocycles. The normalized spacial score (nSPS) is 44.0. The molecule has 0 unspecified atom stereocenters. The van der Waals surface area contributed by atoms with Crippen LogP contribution in [0.25, 0.3) is 0 Å². The lowest BCUT2D eigenvalue weighted by molar-refractivity contribution is -0.229. The summed E-state index contributed by atoms with van der Waals surface area (Å²) in [6, 6.07) is -0.439. The van der Waals surface area contributed by atoms with Crippen LogP contribution in [0.1, 0.15) is 59.8 Å². The third-order valence-electron chi connectivity index (χ3n) is 9.34. The maximum Gasteiger partial charge on any atom is 0.509 e. The number of esters is 1. The first-order valence-electron chi connectivity index (χ1n) is 12.3. The average molecular weight is 513 g/mol. The fourth-order valence-electron chi connectivity index (χ4n) is 7.73. The summed E-state index contributed by atoms with van der Waals surface area (Å²) in [7, 11) is 0. The molecule has 0 radical (unpaired) electrons. The second-order valence-corrected chi connectivity index (χ2v) is 11.1. The molecule has 9 heteroatoms. The zero-order chi connectivity index (χ0) is 25.8. The van der Waals surface area contributed by atoms with Crippen molar-refractivity contribution in [2.75, 3.05) is 12.7 Å². The molecule has 0 bridgehead atoms. The molecular formula is C26H34ClFO7. The van der Waals surface area contributed by atoms with E-state index >= 15 is 4.39 Å². The highest BCUT2D eigenvalue weighted by Crippen LogP contribution is 2.71. The highest BCUT2D eigenvalue weighted by molar-refractivity contribution is 6.17. The van der Waals surface area contributed by atoms with Crippen LogP contribution < -0.4 is 0 Å². The predicted octanol–water partition coefficient (Wildman–Crippen LogP) is 4.64. The number of carbonyl (C=O) groups is 3. The average Bonchev–Trinajstić information content (AvgIpc) is 3.01. The molecule has 0 amide bonds. The smallest absolute Gasteiger partial charge is 0.446 e. The molecule has 0 aromatic carbocycles. The summed E-state index contributed by atoms with van der Waals surface area (Å²) in [5.41, 5.74) is -5.48. The molecule has 3 saturated carbocycles. The van der Waals surface area contributed by atoms with Gasteiger partial charge in [0.25, 0.3) is 0 Å². The number of ether oxygens (including phenoxy) is 3. The number of aliphatic hydroxyl groups excluding tert-OH is 1. The van der Waals surface area contributed by atoms with E-state index in [1.54, 1.807) is 26.8 Å². The number of rotatable bonds is 5. The summed E-state index contributed by atoms with van der Waals surface area (Å²) in [5.74, 6) is -2.59. The molecule has 8 atom stereocenters. The van der Waals surface area contributed by atoms with Gasteiger partial charge in [0.15, 0.2) is 17.5 Å². The van der Waals surface area contributed by atoms with Crippen LogP contribution in [0, 0.1) is 28.6 Å². The molecule has 0 spiro atoms. The van der Waals surface area contributed by atoms with Gasteiger partial charge < -0.3 is 19.3 Å². The lowest BCUT2D eigenvalue weighted by Crippen LogP contribution is -2.70. The zero-order valence-electron chi connectivity index (χ0n) is 20.6. The predicted molar refractivity (Wildman–Crippen MR) is 125 cm³/mol. The summed E-state index contributed by atoms with van der Waals surface area (Å²) in [6.07, 6.45) is 3.63. The van der Waals surface area contributed by atoms with Crippen LogP contribution in [0.3, 0.4) is 0 Å². The van der Waals surface area contributed by atoms with Crippen LogP contribution >= 0.6 is 11.6 Å². The number of carbonyl (C=O) groups excluding carboxylic acids is 3. The van der Waals surface area contributed by atoms with E-state index in [0.717, 1.165) is 0 Å². The third kappa shape index (κ3) is 3.42. The van der Waals surface area contributed by atoms with Crippen molar-refractivity contribution in [3.05, 3.63) is 23.8 Å². The number of alkyl halides is 2. The molecule has 7 nitrogen and oxygen atoms in total. The van der Waals surface area contributed by atoms with Gasteiger partial charge in [0.2, 0.25) is 5.60 Å². The number of fused-ring (bicyclic) bond motifs is 5. The van der Waals surface area contributed by atoms with E-state index in [-0.39, 0.29) is 18.8 Å². The van der Waals surface area contributed by atoms with Crippen molar-refractivity contribution in [1.29, 1.82) is 0 Å². The molecule has 0 heterocycles. The monoisotopic (exact) mass is 512 g/mol. The Hall–Kier alpha value is -1.93. The van der Waals surface area contributed by atoms with Crippen LogP contribution in [0.15, 0.2) is 23.8 Å². The number of aliphatic hydroxyl groups is 1. The number of hydrogen-bond donors (Lipinski definition) is 1. The first kappa shape index (κ1) is 26.1. The van der Waals surface area contributed by atoms with Gasteiger partial charge in [0.05, 0.1) is 12.7 Å². The number of allylic oxidation sites excluding steroid dienone is 4. The Labute approximate surface area is 210 Å². The third-order valence-corrected chi connectivity index (χ3v) is 9.45. The van der Waals surface area contributed by atoms with Crippen molar-refractivity contribution in [1.82, 2.24) is 0 Å². The first-order valence-corrected chi connectivity index (χ1v) is 12.9. The fraction of sp³-hybridized carbons (Fsp3) is 0.731. The standard InChI is InChI=1S/C26H34ClFO7/c1-5-10-33-22(32)35-26(21(31)34-14-27)15(2)11-19-18-7-6-16-12-17(29)8-9-23(16,3)25(18,28)20(30)13-24(19,26)4/h8-9,12,15,18-20,30H,5-7,10-11,13-14H2,1-4H3/t15-,18+,19+,20+,23+,24+,25+,26+/m1/s1. The molecule has 0 aromatic heterocycles. The summed E-state index contributed by atoms with van der Waals surface area (Å²) < 4.78 is 33.4. The molecule has 194 valence electrons. The molecule has 0 aromatic rings. The van der Waals surface area contributed by atoms with Crippen molar-refractivity contribution >= 4 is 29.5 Å². The van der Waals surface area contributed by atoms with E-state index in [1.165, 1.54) is 12.2 Å². The van der Waals surface area contributed by atoms with Crippen molar-refractivity contribution in [3.8, 4) is 0 Å². The van der Waals surface area contributed by atoms with Gasteiger partial charge in [-0.2, -0.15) is 0 Å². The maximum absolute atomic E-state index is 17.3. The lowest BCUT2D eigenvalue weighted by Gasteiger charge is -2.62. The molecule has 4 aliphatic rings. The Morgan fingerprint density at radius 2 is 1.97 bits per heavy atom. The molecule has 0 saturated heterocycles.